The normalized spacial score (nSPS) is 15.3. The van der Waals surface area contributed by atoms with Crippen LogP contribution in [-0.2, 0) is 35.6 Å². The third-order valence-corrected chi connectivity index (χ3v) is 5.70. The van der Waals surface area contributed by atoms with E-state index in [4.69, 9.17) is 4.74 Å². The number of carboxylic acid groups (broad SMARTS) is 1. The number of carbonyl (C=O) groups is 2. The molecule has 31 heavy (non-hydrogen) atoms. The Morgan fingerprint density at radius 1 is 0.968 bits per heavy atom. The van der Waals surface area contributed by atoms with Crippen LogP contribution in [0.4, 0.5) is 0 Å². The first-order valence-electron chi connectivity index (χ1n) is 10.4. The standard InChI is InChI=1S/C26H25NO4/c1-18-12-13-21-16-27(24(28)14-19-8-4-2-5-9-19)23(26(29)30)15-22(21)25(18)31-17-20-10-6-3-7-11-20/h2-13,23H,14-17H2,1H3,(H,29,30)/t23-/m0/s1. The summed E-state index contributed by atoms with van der Waals surface area (Å²) in [6, 6.07) is 22.3. The Kier molecular flexibility index (Phi) is 6.03. The van der Waals surface area contributed by atoms with Crippen LogP contribution in [0.15, 0.2) is 72.8 Å². The summed E-state index contributed by atoms with van der Waals surface area (Å²) < 4.78 is 6.14. The molecule has 158 valence electrons. The van der Waals surface area contributed by atoms with Crippen molar-refractivity contribution in [2.24, 2.45) is 0 Å². The van der Waals surface area contributed by atoms with Gasteiger partial charge in [-0.05, 0) is 29.2 Å². The Morgan fingerprint density at radius 2 is 1.61 bits per heavy atom. The van der Waals surface area contributed by atoms with Gasteiger partial charge in [0.15, 0.2) is 0 Å². The maximum atomic E-state index is 13.0. The zero-order valence-corrected chi connectivity index (χ0v) is 17.5. The van der Waals surface area contributed by atoms with E-state index in [1.54, 1.807) is 0 Å². The summed E-state index contributed by atoms with van der Waals surface area (Å²) in [6.45, 7) is 2.63. The smallest absolute Gasteiger partial charge is 0.326 e. The Balaban J connectivity index is 1.60. The van der Waals surface area contributed by atoms with Crippen LogP contribution in [-0.4, -0.2) is 27.9 Å². The quantitative estimate of drug-likeness (QED) is 0.657. The zero-order chi connectivity index (χ0) is 21.8. The van der Waals surface area contributed by atoms with Crippen molar-refractivity contribution >= 4 is 11.9 Å². The Bertz CT molecular complexity index is 1080. The van der Waals surface area contributed by atoms with Gasteiger partial charge in [-0.1, -0.05) is 72.8 Å². The summed E-state index contributed by atoms with van der Waals surface area (Å²) in [4.78, 5) is 26.5. The van der Waals surface area contributed by atoms with E-state index in [-0.39, 0.29) is 25.3 Å². The van der Waals surface area contributed by atoms with Crippen molar-refractivity contribution in [3.63, 3.8) is 0 Å². The Morgan fingerprint density at radius 3 is 2.26 bits per heavy atom. The number of carbonyl (C=O) groups excluding carboxylic acids is 1. The summed E-state index contributed by atoms with van der Waals surface area (Å²) in [5.41, 5.74) is 4.70. The molecule has 4 rings (SSSR count). The molecule has 5 heteroatoms. The summed E-state index contributed by atoms with van der Waals surface area (Å²) in [7, 11) is 0. The molecule has 3 aromatic carbocycles. The maximum Gasteiger partial charge on any atom is 0.326 e. The lowest BCUT2D eigenvalue weighted by atomic mass is 9.90. The monoisotopic (exact) mass is 415 g/mol. The first-order chi connectivity index (χ1) is 15.0. The predicted octanol–water partition coefficient (Wildman–Crippen LogP) is 4.15. The van der Waals surface area contributed by atoms with Gasteiger partial charge in [-0.25, -0.2) is 4.79 Å². The topological polar surface area (TPSA) is 66.8 Å². The zero-order valence-electron chi connectivity index (χ0n) is 17.5. The van der Waals surface area contributed by atoms with Gasteiger partial charge in [0, 0.05) is 18.5 Å². The van der Waals surface area contributed by atoms with Crippen molar-refractivity contribution < 1.29 is 19.4 Å². The molecule has 0 unspecified atom stereocenters. The van der Waals surface area contributed by atoms with Gasteiger partial charge in [-0.3, -0.25) is 4.79 Å². The number of nitrogens with zero attached hydrogens (tertiary/aromatic N) is 1. The molecular formula is C26H25NO4. The number of carboxylic acids is 1. The van der Waals surface area contributed by atoms with Gasteiger partial charge >= 0.3 is 5.97 Å². The summed E-state index contributed by atoms with van der Waals surface area (Å²) in [6.07, 6.45) is 0.417. The second kappa shape index (κ2) is 9.04. The largest absolute Gasteiger partial charge is 0.488 e. The third kappa shape index (κ3) is 4.61. The number of hydrogen-bond acceptors (Lipinski definition) is 3. The van der Waals surface area contributed by atoms with Crippen molar-refractivity contribution in [2.45, 2.75) is 39.0 Å². The maximum absolute atomic E-state index is 13.0. The molecule has 0 fully saturated rings. The van der Waals surface area contributed by atoms with Crippen LogP contribution >= 0.6 is 0 Å². The molecule has 0 saturated carbocycles. The molecule has 1 aliphatic heterocycles. The van der Waals surface area contributed by atoms with E-state index in [1.807, 2.05) is 79.7 Å². The molecule has 5 nitrogen and oxygen atoms in total. The van der Waals surface area contributed by atoms with Crippen molar-refractivity contribution in [2.75, 3.05) is 0 Å². The van der Waals surface area contributed by atoms with E-state index in [2.05, 4.69) is 0 Å². The molecule has 1 amide bonds. The van der Waals surface area contributed by atoms with Crippen molar-refractivity contribution in [1.29, 1.82) is 0 Å². The van der Waals surface area contributed by atoms with Crippen LogP contribution in [0.2, 0.25) is 0 Å². The van der Waals surface area contributed by atoms with Gasteiger partial charge in [0.1, 0.15) is 18.4 Å². The van der Waals surface area contributed by atoms with Crippen LogP contribution in [0.5, 0.6) is 5.75 Å². The molecule has 0 aliphatic carbocycles. The lowest BCUT2D eigenvalue weighted by Gasteiger charge is -2.35. The Hall–Kier alpha value is -3.60. The van der Waals surface area contributed by atoms with E-state index in [9.17, 15) is 14.7 Å². The number of hydrogen-bond donors (Lipinski definition) is 1. The fourth-order valence-electron chi connectivity index (χ4n) is 4.04. The number of ether oxygens (including phenoxy) is 1. The van der Waals surface area contributed by atoms with E-state index >= 15 is 0 Å². The van der Waals surface area contributed by atoms with Crippen LogP contribution in [0, 0.1) is 6.92 Å². The van der Waals surface area contributed by atoms with Gasteiger partial charge in [-0.15, -0.1) is 0 Å². The first-order valence-corrected chi connectivity index (χ1v) is 10.4. The number of benzene rings is 3. The molecule has 0 radical (unpaired) electrons. The molecule has 1 aliphatic rings. The second-order valence-electron chi connectivity index (χ2n) is 7.87. The lowest BCUT2D eigenvalue weighted by molar-refractivity contribution is -0.151. The fraction of sp³-hybridized carbons (Fsp3) is 0.231. The Labute approximate surface area is 181 Å². The average molecular weight is 415 g/mol. The minimum absolute atomic E-state index is 0.184. The van der Waals surface area contributed by atoms with Crippen LogP contribution in [0.1, 0.15) is 27.8 Å². The SMILES string of the molecule is Cc1ccc2c(c1OCc1ccccc1)C[C@@H](C(=O)O)N(C(=O)Cc1ccccc1)C2. The first kappa shape index (κ1) is 20.7. The number of fused-ring (bicyclic) bond motifs is 1. The summed E-state index contributed by atoms with van der Waals surface area (Å²) in [5.74, 6) is -0.457. The van der Waals surface area contributed by atoms with Crippen molar-refractivity contribution in [1.82, 2.24) is 4.90 Å². The minimum Gasteiger partial charge on any atom is -0.488 e. The molecule has 3 aromatic rings. The van der Waals surface area contributed by atoms with Gasteiger partial charge < -0.3 is 14.7 Å². The van der Waals surface area contributed by atoms with Gasteiger partial charge in [0.2, 0.25) is 5.91 Å². The van der Waals surface area contributed by atoms with Crippen molar-refractivity contribution in [3.8, 4) is 5.75 Å². The van der Waals surface area contributed by atoms with E-state index in [0.717, 1.165) is 33.6 Å². The molecule has 0 bridgehead atoms. The molecule has 0 aromatic heterocycles. The number of aryl methyl sites for hydroxylation is 1. The summed E-state index contributed by atoms with van der Waals surface area (Å²) in [5, 5.41) is 9.88. The highest BCUT2D eigenvalue weighted by molar-refractivity contribution is 5.86. The number of rotatable bonds is 6. The van der Waals surface area contributed by atoms with Crippen molar-refractivity contribution in [3.05, 3.63) is 101 Å². The highest BCUT2D eigenvalue weighted by Crippen LogP contribution is 2.34. The van der Waals surface area contributed by atoms with Gasteiger partial charge in [-0.2, -0.15) is 0 Å². The molecule has 0 spiro atoms. The van der Waals surface area contributed by atoms with Crippen LogP contribution in [0.3, 0.4) is 0 Å². The molecule has 1 atom stereocenters. The van der Waals surface area contributed by atoms with E-state index in [0.29, 0.717) is 6.61 Å². The molecule has 1 heterocycles. The van der Waals surface area contributed by atoms with Crippen LogP contribution < -0.4 is 4.74 Å². The highest BCUT2D eigenvalue weighted by Gasteiger charge is 2.36. The average Bonchev–Trinajstić information content (AvgIpc) is 2.79. The third-order valence-electron chi connectivity index (χ3n) is 5.70. The van der Waals surface area contributed by atoms with Gasteiger partial charge in [0.25, 0.3) is 0 Å². The number of aliphatic carboxylic acids is 1. The molecule has 0 saturated heterocycles. The minimum atomic E-state index is -0.998. The van der Waals surface area contributed by atoms with Gasteiger partial charge in [0.05, 0.1) is 6.42 Å². The fourth-order valence-corrected chi connectivity index (χ4v) is 4.04. The number of amides is 1. The van der Waals surface area contributed by atoms with E-state index < -0.39 is 12.0 Å². The highest BCUT2D eigenvalue weighted by atomic mass is 16.5. The van der Waals surface area contributed by atoms with Crippen LogP contribution in [0.25, 0.3) is 0 Å². The molecular weight excluding hydrogens is 390 g/mol. The molecule has 1 N–H and O–H groups in total. The predicted molar refractivity (Wildman–Crippen MR) is 118 cm³/mol. The summed E-state index contributed by atoms with van der Waals surface area (Å²) >= 11 is 0. The lowest BCUT2D eigenvalue weighted by Crippen LogP contribution is -2.49. The second-order valence-corrected chi connectivity index (χ2v) is 7.87. The van der Waals surface area contributed by atoms with E-state index in [1.165, 1.54) is 4.90 Å².